The monoisotopic (exact) mass is 416 g/mol. The molecule has 0 atom stereocenters. The van der Waals surface area contributed by atoms with E-state index in [1.807, 2.05) is 47.4 Å². The average molecular weight is 417 g/mol. The molecule has 0 aromatic heterocycles. The Morgan fingerprint density at radius 3 is 2.35 bits per heavy atom. The fourth-order valence-corrected chi connectivity index (χ4v) is 5.30. The van der Waals surface area contributed by atoms with Gasteiger partial charge in [0.05, 0.1) is 12.7 Å². The van der Waals surface area contributed by atoms with Crippen molar-refractivity contribution in [1.82, 2.24) is 4.90 Å². The second-order valence-electron chi connectivity index (χ2n) is 8.58. The Morgan fingerprint density at radius 1 is 0.871 bits per heavy atom. The van der Waals surface area contributed by atoms with E-state index in [-0.39, 0.29) is 17.9 Å². The van der Waals surface area contributed by atoms with Crippen molar-refractivity contribution in [3.8, 4) is 5.75 Å². The number of para-hydroxylation sites is 2. The normalized spacial score (nSPS) is 19.8. The van der Waals surface area contributed by atoms with Gasteiger partial charge in [-0.1, -0.05) is 62.1 Å². The Kier molecular flexibility index (Phi) is 5.26. The van der Waals surface area contributed by atoms with Gasteiger partial charge in [-0.2, -0.15) is 0 Å². The number of nitrogens with zero attached hydrogens (tertiary/aromatic N) is 2. The van der Waals surface area contributed by atoms with E-state index in [2.05, 4.69) is 6.07 Å². The number of hydrogen-bond acceptors (Lipinski definition) is 4. The highest BCUT2D eigenvalue weighted by Gasteiger charge is 2.46. The third-order valence-corrected chi connectivity index (χ3v) is 6.81. The summed E-state index contributed by atoms with van der Waals surface area (Å²) in [6, 6.07) is 15.7. The Bertz CT molecular complexity index is 1050. The molecule has 1 saturated carbocycles. The lowest BCUT2D eigenvalue weighted by Gasteiger charge is -2.27. The quantitative estimate of drug-likeness (QED) is 0.542. The Labute approximate surface area is 183 Å². The molecular weight excluding hydrogens is 388 g/mol. The molecule has 3 aliphatic rings. The van der Waals surface area contributed by atoms with E-state index in [1.54, 1.807) is 12.0 Å². The zero-order valence-electron chi connectivity index (χ0n) is 18.0. The first-order valence-corrected chi connectivity index (χ1v) is 11.3. The van der Waals surface area contributed by atoms with Gasteiger partial charge < -0.3 is 9.64 Å². The minimum absolute atomic E-state index is 0.0254. The highest BCUT2D eigenvalue weighted by molar-refractivity contribution is 6.37. The first kappa shape index (κ1) is 19.9. The van der Waals surface area contributed by atoms with E-state index in [9.17, 15) is 9.59 Å². The number of anilines is 1. The summed E-state index contributed by atoms with van der Waals surface area (Å²) >= 11 is 0. The molecule has 0 radical (unpaired) electrons. The van der Waals surface area contributed by atoms with Crippen LogP contribution < -0.4 is 9.64 Å². The predicted molar refractivity (Wildman–Crippen MR) is 121 cm³/mol. The maximum Gasteiger partial charge on any atom is 0.278 e. The number of ether oxygens (including phenoxy) is 1. The van der Waals surface area contributed by atoms with Crippen LogP contribution in [0.25, 0.3) is 5.57 Å². The third kappa shape index (κ3) is 3.32. The van der Waals surface area contributed by atoms with E-state index in [1.165, 1.54) is 18.4 Å². The summed E-state index contributed by atoms with van der Waals surface area (Å²) in [4.78, 5) is 31.3. The highest BCUT2D eigenvalue weighted by atomic mass is 16.5. The van der Waals surface area contributed by atoms with Gasteiger partial charge in [-0.3, -0.25) is 14.5 Å². The number of methoxy groups -OCH3 is 1. The number of hydrogen-bond donors (Lipinski definition) is 0. The molecule has 1 aliphatic carbocycles. The number of carbonyl (C=O) groups is 2. The lowest BCUT2D eigenvalue weighted by molar-refractivity contribution is -0.139. The first-order chi connectivity index (χ1) is 15.2. The van der Waals surface area contributed by atoms with E-state index in [0.717, 1.165) is 37.8 Å². The Morgan fingerprint density at radius 2 is 1.58 bits per heavy atom. The van der Waals surface area contributed by atoms with Gasteiger partial charge in [-0.15, -0.1) is 0 Å². The van der Waals surface area contributed by atoms with Crippen LogP contribution >= 0.6 is 0 Å². The van der Waals surface area contributed by atoms with Crippen LogP contribution in [-0.4, -0.2) is 36.4 Å². The minimum atomic E-state index is -0.180. The molecule has 2 heterocycles. The molecule has 160 valence electrons. The molecule has 0 bridgehead atoms. The third-order valence-electron chi connectivity index (χ3n) is 6.81. The molecular formula is C26H28N2O3. The molecule has 0 unspecified atom stereocenters. The van der Waals surface area contributed by atoms with Crippen molar-refractivity contribution in [1.29, 1.82) is 0 Å². The molecule has 1 fully saturated rings. The number of imide groups is 1. The van der Waals surface area contributed by atoms with Gasteiger partial charge in [0.1, 0.15) is 11.4 Å². The van der Waals surface area contributed by atoms with Crippen LogP contribution in [0.4, 0.5) is 5.69 Å². The minimum Gasteiger partial charge on any atom is -0.496 e. The van der Waals surface area contributed by atoms with Gasteiger partial charge in [-0.05, 0) is 37.0 Å². The molecule has 0 N–H and O–H groups in total. The number of amides is 2. The van der Waals surface area contributed by atoms with Crippen LogP contribution in [0.3, 0.4) is 0 Å². The van der Waals surface area contributed by atoms with Crippen molar-refractivity contribution >= 4 is 23.1 Å². The number of benzene rings is 2. The van der Waals surface area contributed by atoms with Crippen molar-refractivity contribution in [2.24, 2.45) is 0 Å². The SMILES string of the molecule is COc1ccccc1C1=C(N2CCc3ccccc32)C(=O)N(C2CCCCCC2)C1=O. The molecule has 5 heteroatoms. The van der Waals surface area contributed by atoms with E-state index < -0.39 is 0 Å². The second-order valence-corrected chi connectivity index (χ2v) is 8.58. The highest BCUT2D eigenvalue weighted by Crippen LogP contribution is 2.42. The molecule has 2 aliphatic heterocycles. The topological polar surface area (TPSA) is 49.9 Å². The Balaban J connectivity index is 1.65. The summed E-state index contributed by atoms with van der Waals surface area (Å²) in [5.41, 5.74) is 3.90. The van der Waals surface area contributed by atoms with Crippen molar-refractivity contribution in [2.45, 2.75) is 51.0 Å². The molecule has 2 aromatic carbocycles. The van der Waals surface area contributed by atoms with Crippen LogP contribution in [0.15, 0.2) is 54.2 Å². The molecule has 5 nitrogen and oxygen atoms in total. The van der Waals surface area contributed by atoms with Crippen LogP contribution in [0, 0.1) is 0 Å². The van der Waals surface area contributed by atoms with Gasteiger partial charge in [-0.25, -0.2) is 0 Å². The molecule has 5 rings (SSSR count). The first-order valence-electron chi connectivity index (χ1n) is 11.3. The lowest BCUT2D eigenvalue weighted by Crippen LogP contribution is -2.42. The van der Waals surface area contributed by atoms with Gasteiger partial charge in [0, 0.05) is 23.8 Å². The van der Waals surface area contributed by atoms with Crippen LogP contribution in [0.2, 0.25) is 0 Å². The van der Waals surface area contributed by atoms with Gasteiger partial charge >= 0.3 is 0 Å². The summed E-state index contributed by atoms with van der Waals surface area (Å²) in [6.07, 6.45) is 7.11. The zero-order chi connectivity index (χ0) is 21.4. The van der Waals surface area contributed by atoms with Crippen molar-refractivity contribution in [2.75, 3.05) is 18.6 Å². The van der Waals surface area contributed by atoms with Gasteiger partial charge in [0.2, 0.25) is 0 Å². The van der Waals surface area contributed by atoms with Gasteiger partial charge in [0.25, 0.3) is 11.8 Å². The average Bonchev–Trinajstić information content (AvgIpc) is 3.19. The summed E-state index contributed by atoms with van der Waals surface area (Å²) in [5.74, 6) is 0.279. The molecule has 2 aromatic rings. The van der Waals surface area contributed by atoms with Crippen LogP contribution in [-0.2, 0) is 16.0 Å². The van der Waals surface area contributed by atoms with E-state index in [4.69, 9.17) is 4.74 Å². The fourth-order valence-electron chi connectivity index (χ4n) is 5.30. The Hall–Kier alpha value is -3.08. The molecule has 2 amide bonds. The van der Waals surface area contributed by atoms with E-state index >= 15 is 0 Å². The summed E-state index contributed by atoms with van der Waals surface area (Å²) in [7, 11) is 1.61. The van der Waals surface area contributed by atoms with Crippen molar-refractivity contribution in [3.63, 3.8) is 0 Å². The van der Waals surface area contributed by atoms with Crippen LogP contribution in [0.1, 0.15) is 49.7 Å². The second kappa shape index (κ2) is 8.22. The summed E-state index contributed by atoms with van der Waals surface area (Å²) in [5, 5.41) is 0. The molecule has 31 heavy (non-hydrogen) atoms. The molecule has 0 spiro atoms. The molecule has 0 saturated heterocycles. The number of rotatable bonds is 4. The number of carbonyl (C=O) groups excluding carboxylic acids is 2. The van der Waals surface area contributed by atoms with Crippen molar-refractivity contribution in [3.05, 3.63) is 65.4 Å². The van der Waals surface area contributed by atoms with E-state index in [0.29, 0.717) is 29.1 Å². The summed E-state index contributed by atoms with van der Waals surface area (Å²) in [6.45, 7) is 0.699. The standard InChI is InChI=1S/C26H28N2O3/c1-31-22-15-9-7-13-20(22)23-24(27-17-16-18-10-6-8-14-21(18)27)26(30)28(25(23)29)19-11-4-2-3-5-12-19/h6-10,13-15,19H,2-5,11-12,16-17H2,1H3. The largest absolute Gasteiger partial charge is 0.496 e. The van der Waals surface area contributed by atoms with Crippen molar-refractivity contribution < 1.29 is 14.3 Å². The van der Waals surface area contributed by atoms with Crippen LogP contribution in [0.5, 0.6) is 5.75 Å². The number of fused-ring (bicyclic) bond motifs is 1. The predicted octanol–water partition coefficient (Wildman–Crippen LogP) is 4.56. The maximum absolute atomic E-state index is 13.9. The maximum atomic E-state index is 13.9. The lowest BCUT2D eigenvalue weighted by atomic mass is 10.0. The summed E-state index contributed by atoms with van der Waals surface area (Å²) < 4.78 is 5.59. The van der Waals surface area contributed by atoms with Gasteiger partial charge in [0.15, 0.2) is 0 Å². The zero-order valence-corrected chi connectivity index (χ0v) is 18.0. The fraction of sp³-hybridized carbons (Fsp3) is 0.385. The smallest absolute Gasteiger partial charge is 0.278 e.